The number of β-amino-alcohol motifs (C(OH)–C–C–N with tert-alkyl or cyclic N) is 2. The van der Waals surface area contributed by atoms with Gasteiger partial charge >= 0.3 is 0 Å². The molecule has 0 bridgehead atoms. The lowest BCUT2D eigenvalue weighted by Crippen LogP contribution is -2.32. The minimum atomic E-state index is -0.823. The lowest BCUT2D eigenvalue weighted by Gasteiger charge is -2.13. The molecular weight excluding hydrogens is 270 g/mol. The first-order valence-corrected chi connectivity index (χ1v) is 6.61. The van der Waals surface area contributed by atoms with Crippen LogP contribution in [0.15, 0.2) is 11.4 Å². The fraction of sp³-hybridized carbons (Fsp3) is 0.455. The summed E-state index contributed by atoms with van der Waals surface area (Å²) in [5.41, 5.74) is 5.45. The maximum absolute atomic E-state index is 11.8. The van der Waals surface area contributed by atoms with Crippen LogP contribution in [-0.4, -0.2) is 58.8 Å². The van der Waals surface area contributed by atoms with Gasteiger partial charge < -0.3 is 21.3 Å². The van der Waals surface area contributed by atoms with Crippen molar-refractivity contribution in [1.82, 2.24) is 4.90 Å². The molecule has 0 unspecified atom stereocenters. The molecule has 19 heavy (non-hydrogen) atoms. The van der Waals surface area contributed by atoms with E-state index in [1.54, 1.807) is 16.3 Å². The first-order chi connectivity index (χ1) is 8.97. The number of hydrogen-bond acceptors (Lipinski definition) is 6. The summed E-state index contributed by atoms with van der Waals surface area (Å²) in [4.78, 5) is 24.5. The highest BCUT2D eigenvalue weighted by Gasteiger charge is 2.30. The molecule has 0 aliphatic carbocycles. The van der Waals surface area contributed by atoms with E-state index in [1.807, 2.05) is 0 Å². The lowest BCUT2D eigenvalue weighted by atomic mass is 10.3. The van der Waals surface area contributed by atoms with Crippen molar-refractivity contribution in [1.29, 1.82) is 0 Å². The molecule has 8 heteroatoms. The molecule has 2 rings (SSSR count). The molecular formula is C11H15N3O4S. The van der Waals surface area contributed by atoms with Gasteiger partial charge in [-0.3, -0.25) is 14.5 Å². The van der Waals surface area contributed by atoms with Crippen molar-refractivity contribution in [2.75, 3.05) is 25.0 Å². The third-order valence-corrected chi connectivity index (χ3v) is 3.72. The van der Waals surface area contributed by atoms with E-state index in [4.69, 9.17) is 5.73 Å². The molecule has 1 saturated heterocycles. The van der Waals surface area contributed by atoms with Crippen molar-refractivity contribution < 1.29 is 19.8 Å². The van der Waals surface area contributed by atoms with Gasteiger partial charge in [0.25, 0.3) is 5.91 Å². The summed E-state index contributed by atoms with van der Waals surface area (Å²) >= 11 is 1.22. The molecule has 5 N–H and O–H groups in total. The second-order valence-corrected chi connectivity index (χ2v) is 5.32. The van der Waals surface area contributed by atoms with Crippen molar-refractivity contribution in [3.8, 4) is 0 Å². The Morgan fingerprint density at radius 1 is 1.42 bits per heavy atom. The van der Waals surface area contributed by atoms with Crippen LogP contribution in [0.2, 0.25) is 0 Å². The van der Waals surface area contributed by atoms with Crippen molar-refractivity contribution in [2.45, 2.75) is 12.2 Å². The van der Waals surface area contributed by atoms with Crippen LogP contribution in [0.3, 0.4) is 0 Å². The van der Waals surface area contributed by atoms with E-state index in [1.165, 1.54) is 11.3 Å². The van der Waals surface area contributed by atoms with Gasteiger partial charge in [0, 0.05) is 13.1 Å². The SMILES string of the molecule is NC(=O)c1ccsc1NC(=O)CN1C[C@@H](O)[C@@H](O)C1. The zero-order valence-electron chi connectivity index (χ0n) is 10.1. The highest BCUT2D eigenvalue weighted by Crippen LogP contribution is 2.22. The predicted molar refractivity (Wildman–Crippen MR) is 69.9 cm³/mol. The quantitative estimate of drug-likeness (QED) is 0.556. The number of nitrogens with zero attached hydrogens (tertiary/aromatic N) is 1. The summed E-state index contributed by atoms with van der Waals surface area (Å²) in [7, 11) is 0. The molecule has 1 aliphatic heterocycles. The van der Waals surface area contributed by atoms with Crippen LogP contribution in [0.5, 0.6) is 0 Å². The summed E-state index contributed by atoms with van der Waals surface area (Å²) in [6, 6.07) is 1.55. The van der Waals surface area contributed by atoms with Crippen LogP contribution in [0.1, 0.15) is 10.4 Å². The number of amides is 2. The maximum Gasteiger partial charge on any atom is 0.251 e. The number of aliphatic hydroxyl groups excluding tert-OH is 2. The highest BCUT2D eigenvalue weighted by molar-refractivity contribution is 7.14. The van der Waals surface area contributed by atoms with Crippen LogP contribution in [0.4, 0.5) is 5.00 Å². The fourth-order valence-corrected chi connectivity index (χ4v) is 2.75. The van der Waals surface area contributed by atoms with E-state index >= 15 is 0 Å². The van der Waals surface area contributed by atoms with Crippen molar-refractivity contribution >= 4 is 28.2 Å². The van der Waals surface area contributed by atoms with Gasteiger partial charge in [-0.2, -0.15) is 0 Å². The summed E-state index contributed by atoms with van der Waals surface area (Å²) in [6.45, 7) is 0.549. The van der Waals surface area contributed by atoms with Gasteiger partial charge in [-0.1, -0.05) is 0 Å². The number of nitrogens with two attached hydrogens (primary N) is 1. The van der Waals surface area contributed by atoms with Crippen LogP contribution >= 0.6 is 11.3 Å². The minimum Gasteiger partial charge on any atom is -0.389 e. The number of anilines is 1. The van der Waals surface area contributed by atoms with E-state index < -0.39 is 18.1 Å². The monoisotopic (exact) mass is 285 g/mol. The summed E-state index contributed by atoms with van der Waals surface area (Å²) in [5.74, 6) is -0.908. The van der Waals surface area contributed by atoms with Crippen LogP contribution < -0.4 is 11.1 Å². The number of carbonyl (C=O) groups excluding carboxylic acids is 2. The zero-order valence-corrected chi connectivity index (χ0v) is 10.9. The van der Waals surface area contributed by atoms with Gasteiger partial charge in [-0.05, 0) is 11.4 Å². The molecule has 1 fully saturated rings. The summed E-state index contributed by atoms with van der Waals surface area (Å²) in [6.07, 6.45) is -1.65. The Hall–Kier alpha value is -1.48. The van der Waals surface area contributed by atoms with E-state index in [9.17, 15) is 19.8 Å². The standard InChI is InChI=1S/C11H15N3O4S/c12-10(18)6-1-2-19-11(6)13-9(17)5-14-3-7(15)8(16)4-14/h1-2,7-8,15-16H,3-5H2,(H2,12,18)(H,13,17)/t7-,8+. The van der Waals surface area contributed by atoms with E-state index in [0.29, 0.717) is 5.00 Å². The van der Waals surface area contributed by atoms with E-state index in [0.717, 1.165) is 0 Å². The van der Waals surface area contributed by atoms with Gasteiger partial charge in [-0.15, -0.1) is 11.3 Å². The van der Waals surface area contributed by atoms with Gasteiger partial charge in [-0.25, -0.2) is 0 Å². The number of hydrogen-bond donors (Lipinski definition) is 4. The molecule has 0 aromatic carbocycles. The van der Waals surface area contributed by atoms with Gasteiger partial charge in [0.05, 0.1) is 24.3 Å². The third kappa shape index (κ3) is 3.29. The lowest BCUT2D eigenvalue weighted by molar-refractivity contribution is -0.117. The molecule has 104 valence electrons. The Kier molecular flexibility index (Phi) is 4.15. The molecule has 2 amide bonds. The fourth-order valence-electron chi connectivity index (χ4n) is 1.95. The van der Waals surface area contributed by atoms with Gasteiger partial charge in [0.2, 0.25) is 5.91 Å². The molecule has 0 saturated carbocycles. The van der Waals surface area contributed by atoms with Crippen molar-refractivity contribution in [3.05, 3.63) is 17.0 Å². The van der Waals surface area contributed by atoms with E-state index in [-0.39, 0.29) is 31.1 Å². The number of aliphatic hydroxyl groups is 2. The highest BCUT2D eigenvalue weighted by atomic mass is 32.1. The Labute approximate surface area is 113 Å². The Balaban J connectivity index is 1.91. The second kappa shape index (κ2) is 5.66. The largest absolute Gasteiger partial charge is 0.389 e. The number of carbonyl (C=O) groups is 2. The average molecular weight is 285 g/mol. The van der Waals surface area contributed by atoms with E-state index in [2.05, 4.69) is 5.32 Å². The van der Waals surface area contributed by atoms with Gasteiger partial charge in [0.15, 0.2) is 0 Å². The number of primary amides is 1. The molecule has 0 spiro atoms. The molecule has 1 aromatic rings. The topological polar surface area (TPSA) is 116 Å². The Morgan fingerprint density at radius 3 is 2.63 bits per heavy atom. The average Bonchev–Trinajstić information content (AvgIpc) is 2.87. The number of likely N-dealkylation sites (tertiary alicyclic amines) is 1. The van der Waals surface area contributed by atoms with Gasteiger partial charge in [0.1, 0.15) is 5.00 Å². The number of rotatable bonds is 4. The molecule has 2 heterocycles. The molecule has 2 atom stereocenters. The second-order valence-electron chi connectivity index (χ2n) is 4.40. The Bertz CT molecular complexity index is 480. The van der Waals surface area contributed by atoms with Crippen LogP contribution in [0.25, 0.3) is 0 Å². The smallest absolute Gasteiger partial charge is 0.251 e. The number of nitrogens with one attached hydrogen (secondary N) is 1. The summed E-state index contributed by atoms with van der Waals surface area (Å²) in [5, 5.41) is 23.4. The maximum atomic E-state index is 11.8. The predicted octanol–water partition coefficient (Wildman–Crippen LogP) is -1.18. The number of thiophene rings is 1. The molecule has 1 aromatic heterocycles. The molecule has 1 aliphatic rings. The first kappa shape index (κ1) is 13.9. The van der Waals surface area contributed by atoms with Crippen molar-refractivity contribution in [3.63, 3.8) is 0 Å². The Morgan fingerprint density at radius 2 is 2.05 bits per heavy atom. The van der Waals surface area contributed by atoms with Crippen LogP contribution in [-0.2, 0) is 4.79 Å². The molecule has 0 radical (unpaired) electrons. The van der Waals surface area contributed by atoms with Crippen LogP contribution in [0, 0.1) is 0 Å². The first-order valence-electron chi connectivity index (χ1n) is 5.73. The van der Waals surface area contributed by atoms with Crippen molar-refractivity contribution in [2.24, 2.45) is 5.73 Å². The minimum absolute atomic E-state index is 0.0459. The normalized spacial score (nSPS) is 23.5. The molecule has 7 nitrogen and oxygen atoms in total. The summed E-state index contributed by atoms with van der Waals surface area (Å²) < 4.78 is 0. The zero-order chi connectivity index (χ0) is 14.0. The third-order valence-electron chi connectivity index (χ3n) is 2.89.